The van der Waals surface area contributed by atoms with Gasteiger partial charge in [0.25, 0.3) is 0 Å². The van der Waals surface area contributed by atoms with Crippen molar-refractivity contribution in [2.45, 2.75) is 12.8 Å². The summed E-state index contributed by atoms with van der Waals surface area (Å²) in [4.78, 5) is 0. The summed E-state index contributed by atoms with van der Waals surface area (Å²) in [6.07, 6.45) is 5.53. The van der Waals surface area contributed by atoms with E-state index in [1.807, 2.05) is 24.3 Å². The maximum absolute atomic E-state index is 12.6. The van der Waals surface area contributed by atoms with Crippen LogP contribution in [-0.2, 0) is 6.42 Å². The Morgan fingerprint density at radius 2 is 1.67 bits per heavy atom. The Kier molecular flexibility index (Phi) is 4.53. The van der Waals surface area contributed by atoms with E-state index >= 15 is 0 Å². The van der Waals surface area contributed by atoms with E-state index in [4.69, 9.17) is 4.74 Å². The molecule has 0 aliphatic carbocycles. The fourth-order valence-electron chi connectivity index (χ4n) is 1.60. The zero-order chi connectivity index (χ0) is 12.6. The van der Waals surface area contributed by atoms with Crippen LogP contribution in [0.2, 0.25) is 0 Å². The molecule has 0 heterocycles. The highest BCUT2D eigenvalue weighted by molar-refractivity contribution is 5.23. The van der Waals surface area contributed by atoms with E-state index in [1.54, 1.807) is 18.4 Å². The molecule has 2 rings (SSSR count). The van der Waals surface area contributed by atoms with Gasteiger partial charge in [0.2, 0.25) is 0 Å². The van der Waals surface area contributed by atoms with Crippen LogP contribution in [0.4, 0.5) is 4.39 Å². The average molecular weight is 242 g/mol. The minimum atomic E-state index is -0.254. The molecule has 92 valence electrons. The molecular formula is C16H15FO. The first-order chi connectivity index (χ1) is 8.84. The Morgan fingerprint density at radius 1 is 0.944 bits per heavy atom. The molecule has 0 spiro atoms. The lowest BCUT2D eigenvalue weighted by Gasteiger charge is -1.99. The Morgan fingerprint density at radius 3 is 2.39 bits per heavy atom. The lowest BCUT2D eigenvalue weighted by molar-refractivity contribution is 0.476. The quantitative estimate of drug-likeness (QED) is 0.708. The summed E-state index contributed by atoms with van der Waals surface area (Å²) in [6.45, 7) is 0. The van der Waals surface area contributed by atoms with Crippen LogP contribution in [0.1, 0.15) is 12.0 Å². The smallest absolute Gasteiger partial charge is 0.126 e. The molecule has 0 amide bonds. The average Bonchev–Trinajstić information content (AvgIpc) is 2.42. The lowest BCUT2D eigenvalue weighted by atomic mass is 10.1. The molecule has 18 heavy (non-hydrogen) atoms. The summed E-state index contributed by atoms with van der Waals surface area (Å²) >= 11 is 0. The molecule has 0 bridgehead atoms. The zero-order valence-corrected chi connectivity index (χ0v) is 10.1. The number of allylic oxidation sites excluding steroid dienone is 1. The fourth-order valence-corrected chi connectivity index (χ4v) is 1.60. The molecule has 2 aromatic rings. The van der Waals surface area contributed by atoms with Gasteiger partial charge >= 0.3 is 0 Å². The Labute approximate surface area is 107 Å². The van der Waals surface area contributed by atoms with Gasteiger partial charge in [-0.1, -0.05) is 30.3 Å². The molecule has 2 heteroatoms. The Balaban J connectivity index is 1.74. The van der Waals surface area contributed by atoms with Crippen LogP contribution in [0.15, 0.2) is 66.9 Å². The number of hydrogen-bond acceptors (Lipinski definition) is 1. The standard InChI is InChI=1S/C16H15FO/c17-15-9-11-16(12-10-15)18-13-5-4-8-14-6-2-1-3-7-14/h1-3,5-7,9-13H,4,8H2/b13-5-. The summed E-state index contributed by atoms with van der Waals surface area (Å²) in [5.41, 5.74) is 1.31. The van der Waals surface area contributed by atoms with Crippen LogP contribution < -0.4 is 4.74 Å². The molecule has 0 atom stereocenters. The highest BCUT2D eigenvalue weighted by Gasteiger charge is 1.92. The highest BCUT2D eigenvalue weighted by atomic mass is 19.1. The summed E-state index contributed by atoms with van der Waals surface area (Å²) in [6, 6.07) is 16.3. The van der Waals surface area contributed by atoms with Crippen LogP contribution in [0.5, 0.6) is 5.75 Å². The van der Waals surface area contributed by atoms with E-state index in [2.05, 4.69) is 12.1 Å². The normalized spacial score (nSPS) is 10.7. The van der Waals surface area contributed by atoms with Gasteiger partial charge in [-0.15, -0.1) is 0 Å². The molecule has 0 aromatic heterocycles. The maximum Gasteiger partial charge on any atom is 0.126 e. The van der Waals surface area contributed by atoms with Crippen LogP contribution >= 0.6 is 0 Å². The summed E-state index contributed by atoms with van der Waals surface area (Å²) < 4.78 is 18.0. The predicted octanol–water partition coefficient (Wildman–Crippen LogP) is 4.35. The van der Waals surface area contributed by atoms with E-state index in [0.717, 1.165) is 12.8 Å². The minimum Gasteiger partial charge on any atom is -0.465 e. The van der Waals surface area contributed by atoms with Crippen LogP contribution in [0.3, 0.4) is 0 Å². The van der Waals surface area contributed by atoms with E-state index in [1.165, 1.54) is 17.7 Å². The summed E-state index contributed by atoms with van der Waals surface area (Å²) in [5, 5.41) is 0. The van der Waals surface area contributed by atoms with Gasteiger partial charge < -0.3 is 4.74 Å². The first-order valence-electron chi connectivity index (χ1n) is 5.96. The molecule has 2 aromatic carbocycles. The van der Waals surface area contributed by atoms with Gasteiger partial charge in [0.1, 0.15) is 11.6 Å². The van der Waals surface area contributed by atoms with Crippen LogP contribution in [-0.4, -0.2) is 0 Å². The number of hydrogen-bond donors (Lipinski definition) is 0. The molecule has 0 aliphatic heterocycles. The second-order valence-corrected chi connectivity index (χ2v) is 3.97. The topological polar surface area (TPSA) is 9.23 Å². The minimum absolute atomic E-state index is 0.254. The predicted molar refractivity (Wildman–Crippen MR) is 70.9 cm³/mol. The zero-order valence-electron chi connectivity index (χ0n) is 10.1. The van der Waals surface area contributed by atoms with Crippen molar-refractivity contribution < 1.29 is 9.13 Å². The van der Waals surface area contributed by atoms with Gasteiger partial charge in [-0.3, -0.25) is 0 Å². The third kappa shape index (κ3) is 4.06. The molecule has 0 aliphatic rings. The molecule has 0 saturated heterocycles. The molecule has 0 unspecified atom stereocenters. The third-order valence-corrected chi connectivity index (χ3v) is 2.56. The number of aryl methyl sites for hydroxylation is 1. The maximum atomic E-state index is 12.6. The molecule has 1 nitrogen and oxygen atoms in total. The van der Waals surface area contributed by atoms with Gasteiger partial charge in [0.15, 0.2) is 0 Å². The van der Waals surface area contributed by atoms with Crippen LogP contribution in [0.25, 0.3) is 0 Å². The van der Waals surface area contributed by atoms with Gasteiger partial charge in [-0.25, -0.2) is 4.39 Å². The first kappa shape index (κ1) is 12.4. The molecule has 0 N–H and O–H groups in total. The number of rotatable bonds is 5. The third-order valence-electron chi connectivity index (χ3n) is 2.56. The van der Waals surface area contributed by atoms with Crippen molar-refractivity contribution in [3.05, 3.63) is 78.3 Å². The van der Waals surface area contributed by atoms with Crippen molar-refractivity contribution in [1.82, 2.24) is 0 Å². The van der Waals surface area contributed by atoms with Gasteiger partial charge in [0, 0.05) is 0 Å². The second-order valence-electron chi connectivity index (χ2n) is 3.97. The van der Waals surface area contributed by atoms with Crippen molar-refractivity contribution in [3.8, 4) is 5.75 Å². The van der Waals surface area contributed by atoms with E-state index < -0.39 is 0 Å². The van der Waals surface area contributed by atoms with Crippen molar-refractivity contribution in [1.29, 1.82) is 0 Å². The highest BCUT2D eigenvalue weighted by Crippen LogP contribution is 2.11. The number of ether oxygens (including phenoxy) is 1. The van der Waals surface area contributed by atoms with Gasteiger partial charge in [-0.05, 0) is 48.7 Å². The van der Waals surface area contributed by atoms with Crippen molar-refractivity contribution >= 4 is 0 Å². The van der Waals surface area contributed by atoms with E-state index in [-0.39, 0.29) is 5.82 Å². The lowest BCUT2D eigenvalue weighted by Crippen LogP contribution is -1.84. The van der Waals surface area contributed by atoms with Crippen molar-refractivity contribution in [3.63, 3.8) is 0 Å². The molecule has 0 fully saturated rings. The molecule has 0 saturated carbocycles. The van der Waals surface area contributed by atoms with Crippen LogP contribution in [0, 0.1) is 5.82 Å². The van der Waals surface area contributed by atoms with Crippen molar-refractivity contribution in [2.24, 2.45) is 0 Å². The largest absolute Gasteiger partial charge is 0.465 e. The summed E-state index contributed by atoms with van der Waals surface area (Å²) in [7, 11) is 0. The van der Waals surface area contributed by atoms with E-state index in [0.29, 0.717) is 5.75 Å². The number of halogens is 1. The second kappa shape index (κ2) is 6.60. The Hall–Kier alpha value is -2.09. The fraction of sp³-hybridized carbons (Fsp3) is 0.125. The monoisotopic (exact) mass is 242 g/mol. The van der Waals surface area contributed by atoms with Crippen molar-refractivity contribution in [2.75, 3.05) is 0 Å². The van der Waals surface area contributed by atoms with Gasteiger partial charge in [0.05, 0.1) is 6.26 Å². The van der Waals surface area contributed by atoms with Gasteiger partial charge in [-0.2, -0.15) is 0 Å². The molecule has 0 radical (unpaired) electrons. The number of benzene rings is 2. The first-order valence-corrected chi connectivity index (χ1v) is 5.96. The SMILES string of the molecule is Fc1ccc(O/C=C\CCc2ccccc2)cc1. The Bertz CT molecular complexity index is 488. The molecular weight excluding hydrogens is 227 g/mol. The van der Waals surface area contributed by atoms with E-state index in [9.17, 15) is 4.39 Å². The summed E-state index contributed by atoms with van der Waals surface area (Å²) in [5.74, 6) is 0.391.